The summed E-state index contributed by atoms with van der Waals surface area (Å²) in [4.78, 5) is 14.1. The molecule has 2 atom stereocenters. The third-order valence-corrected chi connectivity index (χ3v) is 4.66. The van der Waals surface area contributed by atoms with Crippen molar-refractivity contribution in [3.63, 3.8) is 0 Å². The van der Waals surface area contributed by atoms with Crippen LogP contribution in [0.5, 0.6) is 11.5 Å². The van der Waals surface area contributed by atoms with Crippen LogP contribution in [0.15, 0.2) is 35.1 Å². The molecular weight excluding hydrogens is 330 g/mol. The second-order valence-corrected chi connectivity index (χ2v) is 6.79. The summed E-state index contributed by atoms with van der Waals surface area (Å²) in [7, 11) is 0. The molecular formula is C18H18ClNO4. The van der Waals surface area contributed by atoms with Crippen LogP contribution < -0.4 is 0 Å². The van der Waals surface area contributed by atoms with Crippen molar-refractivity contribution in [2.45, 2.75) is 19.8 Å². The van der Waals surface area contributed by atoms with Crippen LogP contribution >= 0.6 is 11.6 Å². The van der Waals surface area contributed by atoms with E-state index in [2.05, 4.69) is 6.54 Å². The molecule has 1 amide bonds. The Bertz CT molecular complexity index is 728. The van der Waals surface area contributed by atoms with E-state index in [1.807, 2.05) is 13.8 Å². The Labute approximate surface area is 145 Å². The highest BCUT2D eigenvalue weighted by Crippen LogP contribution is 2.39. The van der Waals surface area contributed by atoms with E-state index in [-0.39, 0.29) is 45.6 Å². The zero-order valence-electron chi connectivity index (χ0n) is 13.3. The van der Waals surface area contributed by atoms with Crippen LogP contribution in [0.1, 0.15) is 35.7 Å². The highest BCUT2D eigenvalue weighted by molar-refractivity contribution is 6.31. The summed E-state index contributed by atoms with van der Waals surface area (Å²) in [6.07, 6.45) is 3.27. The van der Waals surface area contributed by atoms with Crippen molar-refractivity contribution >= 4 is 17.5 Å². The van der Waals surface area contributed by atoms with Crippen LogP contribution in [-0.4, -0.2) is 32.7 Å². The molecule has 1 aromatic carbocycles. The summed E-state index contributed by atoms with van der Waals surface area (Å²) in [5.41, 5.74) is 0.708. The summed E-state index contributed by atoms with van der Waals surface area (Å²) in [6.45, 7) is 7.15. The first-order chi connectivity index (χ1) is 11.3. The molecule has 0 aromatic heterocycles. The monoisotopic (exact) mass is 347 g/mol. The van der Waals surface area contributed by atoms with Gasteiger partial charge in [0.2, 0.25) is 0 Å². The number of likely N-dealkylation sites (tertiary alicyclic amines) is 1. The zero-order chi connectivity index (χ0) is 17.6. The molecule has 5 nitrogen and oxygen atoms in total. The predicted molar refractivity (Wildman–Crippen MR) is 89.8 cm³/mol. The number of halogens is 1. The Hall–Kier alpha value is -2.14. The first-order valence-corrected chi connectivity index (χ1v) is 8.08. The number of hydrogen-bond acceptors (Lipinski definition) is 4. The lowest BCUT2D eigenvalue weighted by Gasteiger charge is -2.18. The van der Waals surface area contributed by atoms with Gasteiger partial charge in [-0.25, -0.2) is 0 Å². The first-order valence-electron chi connectivity index (χ1n) is 7.70. The number of amides is 1. The number of nitrogens with zero attached hydrogens (tertiary/aromatic N) is 1. The highest BCUT2D eigenvalue weighted by Gasteiger charge is 2.38. The van der Waals surface area contributed by atoms with Crippen LogP contribution in [0, 0.1) is 18.4 Å². The number of rotatable bonds is 2. The molecule has 0 saturated carbocycles. The number of aliphatic hydroxyl groups excluding tert-OH is 1. The van der Waals surface area contributed by atoms with Crippen LogP contribution in [0.2, 0.25) is 0 Å². The molecule has 2 unspecified atom stereocenters. The Kier molecular flexibility index (Phi) is 4.22. The van der Waals surface area contributed by atoms with Gasteiger partial charge in [-0.05, 0) is 23.6 Å². The number of allylic oxidation sites excluding steroid dienone is 1. The lowest BCUT2D eigenvalue weighted by atomic mass is 9.91. The number of benzene rings is 1. The van der Waals surface area contributed by atoms with Crippen molar-refractivity contribution in [3.05, 3.63) is 52.7 Å². The molecule has 3 rings (SSSR count). The summed E-state index contributed by atoms with van der Waals surface area (Å²) in [6, 6.07) is 2.70. The number of aliphatic hydroxyl groups is 1. The maximum absolute atomic E-state index is 12.7. The third-order valence-electron chi connectivity index (χ3n) is 4.34. The van der Waals surface area contributed by atoms with Crippen molar-refractivity contribution in [3.8, 4) is 11.5 Å². The fourth-order valence-corrected chi connectivity index (χ4v) is 3.23. The van der Waals surface area contributed by atoms with Gasteiger partial charge < -0.3 is 20.2 Å². The van der Waals surface area contributed by atoms with Gasteiger partial charge in [-0.2, -0.15) is 0 Å². The van der Waals surface area contributed by atoms with Crippen LogP contribution in [-0.2, 0) is 0 Å². The van der Waals surface area contributed by atoms with Gasteiger partial charge in [0.25, 0.3) is 5.91 Å². The molecule has 24 heavy (non-hydrogen) atoms. The number of carbonyl (C=O) groups is 1. The third kappa shape index (κ3) is 2.84. The van der Waals surface area contributed by atoms with Crippen molar-refractivity contribution in [1.82, 2.24) is 4.90 Å². The second-order valence-electron chi connectivity index (χ2n) is 6.38. The van der Waals surface area contributed by atoms with E-state index in [4.69, 9.17) is 11.6 Å². The summed E-state index contributed by atoms with van der Waals surface area (Å²) in [5, 5.41) is 29.9. The molecule has 1 aliphatic carbocycles. The lowest BCUT2D eigenvalue weighted by Crippen LogP contribution is -2.26. The number of carbonyl (C=O) groups excluding carboxylic acids is 1. The zero-order valence-corrected chi connectivity index (χ0v) is 14.1. The molecule has 6 heteroatoms. The van der Waals surface area contributed by atoms with Crippen LogP contribution in [0.25, 0.3) is 0 Å². The maximum atomic E-state index is 12.7. The minimum absolute atomic E-state index is 0.00730. The van der Waals surface area contributed by atoms with Gasteiger partial charge in [0.15, 0.2) is 0 Å². The van der Waals surface area contributed by atoms with Crippen LogP contribution in [0.4, 0.5) is 0 Å². The number of phenolic OH excluding ortho intramolecular Hbond substituents is 2. The maximum Gasteiger partial charge on any atom is 0.258 e. The van der Waals surface area contributed by atoms with Gasteiger partial charge >= 0.3 is 0 Å². The molecule has 1 heterocycles. The quantitative estimate of drug-likeness (QED) is 0.764. The van der Waals surface area contributed by atoms with Crippen molar-refractivity contribution in [2.75, 3.05) is 6.54 Å². The Morgan fingerprint density at radius 1 is 1.25 bits per heavy atom. The molecule has 1 fully saturated rings. The Balaban J connectivity index is 1.88. The van der Waals surface area contributed by atoms with E-state index in [1.54, 1.807) is 12.2 Å². The van der Waals surface area contributed by atoms with Gasteiger partial charge in [-0.15, -0.1) is 0 Å². The molecule has 1 aliphatic heterocycles. The summed E-state index contributed by atoms with van der Waals surface area (Å²) >= 11 is 5.92. The highest BCUT2D eigenvalue weighted by atomic mass is 35.5. The second kappa shape index (κ2) is 6.06. The van der Waals surface area contributed by atoms with Gasteiger partial charge in [0.05, 0.1) is 10.6 Å². The molecule has 1 saturated heterocycles. The lowest BCUT2D eigenvalue weighted by molar-refractivity contribution is 0.0813. The number of hydrogen-bond donors (Lipinski definition) is 3. The molecule has 126 valence electrons. The Morgan fingerprint density at radius 2 is 1.96 bits per heavy atom. The van der Waals surface area contributed by atoms with Crippen molar-refractivity contribution < 1.29 is 20.1 Å². The van der Waals surface area contributed by atoms with Crippen LogP contribution in [0.3, 0.4) is 0 Å². The van der Waals surface area contributed by atoms with Gasteiger partial charge in [-0.3, -0.25) is 4.79 Å². The Morgan fingerprint density at radius 3 is 2.62 bits per heavy atom. The fourth-order valence-electron chi connectivity index (χ4n) is 3.01. The van der Waals surface area contributed by atoms with Gasteiger partial charge in [-0.1, -0.05) is 31.5 Å². The molecule has 2 aliphatic rings. The molecule has 2 radical (unpaired) electrons. The SMILES string of the molecule is CC(C)c1cc(C(=O)N2[C]C3C=C(O)C(Cl)=CC3C2)c(O)cc1O. The van der Waals surface area contributed by atoms with E-state index >= 15 is 0 Å². The average Bonchev–Trinajstić information content (AvgIpc) is 2.89. The first kappa shape index (κ1) is 16.7. The number of phenols is 2. The summed E-state index contributed by atoms with van der Waals surface area (Å²) in [5.74, 6) is -1.01. The van der Waals surface area contributed by atoms with E-state index in [1.165, 1.54) is 17.0 Å². The minimum Gasteiger partial charge on any atom is -0.508 e. The number of aromatic hydroxyl groups is 2. The van der Waals surface area contributed by atoms with Gasteiger partial charge in [0, 0.05) is 24.4 Å². The topological polar surface area (TPSA) is 81.0 Å². The fraction of sp³-hybridized carbons (Fsp3) is 0.333. The smallest absolute Gasteiger partial charge is 0.258 e. The van der Waals surface area contributed by atoms with E-state index in [0.717, 1.165) is 0 Å². The van der Waals surface area contributed by atoms with Crippen molar-refractivity contribution in [2.24, 2.45) is 11.8 Å². The molecule has 1 aromatic rings. The van der Waals surface area contributed by atoms with E-state index in [0.29, 0.717) is 12.1 Å². The molecule has 0 bridgehead atoms. The molecule has 0 spiro atoms. The van der Waals surface area contributed by atoms with E-state index < -0.39 is 5.91 Å². The van der Waals surface area contributed by atoms with E-state index in [9.17, 15) is 20.1 Å². The molecule has 3 N–H and O–H groups in total. The predicted octanol–water partition coefficient (Wildman–Crippen LogP) is 3.53. The average molecular weight is 348 g/mol. The normalized spacial score (nSPS) is 23.1. The van der Waals surface area contributed by atoms with Gasteiger partial charge in [0.1, 0.15) is 23.8 Å². The summed E-state index contributed by atoms with van der Waals surface area (Å²) < 4.78 is 0. The largest absolute Gasteiger partial charge is 0.508 e. The standard InChI is InChI=1S/C18H18ClNO4/c1-9(2)12-5-13(16(22)6-15(12)21)18(24)20-7-10-3-14(19)17(23)4-11(10)8-20/h3-6,9-11,21-23H,7H2,1-2H3. The van der Waals surface area contributed by atoms with Crippen molar-refractivity contribution in [1.29, 1.82) is 0 Å². The number of fused-ring (bicyclic) bond motifs is 1. The minimum atomic E-state index is -0.402.